The Morgan fingerprint density at radius 2 is 1.92 bits per heavy atom. The molecule has 25 heavy (non-hydrogen) atoms. The summed E-state index contributed by atoms with van der Waals surface area (Å²) in [5.74, 6) is 0.895. The highest BCUT2D eigenvalue weighted by Gasteiger charge is 2.11. The zero-order chi connectivity index (χ0) is 17.5. The fourth-order valence-electron chi connectivity index (χ4n) is 2.02. The number of hydrogen-bond donors (Lipinski definition) is 1. The number of hydrogen-bond acceptors (Lipinski definition) is 6. The van der Waals surface area contributed by atoms with Crippen LogP contribution in [0.4, 0.5) is 0 Å². The normalized spacial score (nSPS) is 10.4. The summed E-state index contributed by atoms with van der Waals surface area (Å²) in [6.07, 6.45) is 3.35. The molecule has 1 aromatic carbocycles. The van der Waals surface area contributed by atoms with Gasteiger partial charge in [-0.25, -0.2) is 4.68 Å². The highest BCUT2D eigenvalue weighted by atomic mass is 35.5. The number of pyridine rings is 1. The molecule has 8 nitrogen and oxygen atoms in total. The minimum absolute atomic E-state index is 0.0113. The monoisotopic (exact) mass is 358 g/mol. The molecule has 0 saturated heterocycles. The van der Waals surface area contributed by atoms with Crippen molar-refractivity contribution in [2.24, 2.45) is 0 Å². The molecule has 3 rings (SSSR count). The van der Waals surface area contributed by atoms with E-state index in [0.717, 1.165) is 5.56 Å². The maximum absolute atomic E-state index is 12.0. The van der Waals surface area contributed by atoms with Gasteiger partial charge in [0.25, 0.3) is 0 Å². The summed E-state index contributed by atoms with van der Waals surface area (Å²) in [7, 11) is 0. The highest BCUT2D eigenvalue weighted by Crippen LogP contribution is 2.16. The van der Waals surface area contributed by atoms with Crippen molar-refractivity contribution in [3.05, 3.63) is 65.2 Å². The number of nitrogens with zero attached hydrogens (tertiary/aromatic N) is 5. The summed E-state index contributed by atoms with van der Waals surface area (Å²) in [5.41, 5.74) is 0.964. The van der Waals surface area contributed by atoms with E-state index >= 15 is 0 Å². The number of benzene rings is 1. The number of nitrogens with one attached hydrogen (secondary N) is 1. The lowest BCUT2D eigenvalue weighted by molar-refractivity contribution is -0.122. The lowest BCUT2D eigenvalue weighted by atomic mass is 10.3. The van der Waals surface area contributed by atoms with E-state index in [-0.39, 0.29) is 19.1 Å². The van der Waals surface area contributed by atoms with Gasteiger partial charge in [-0.3, -0.25) is 9.78 Å². The van der Waals surface area contributed by atoms with Crippen molar-refractivity contribution < 1.29 is 9.53 Å². The molecule has 1 amide bonds. The van der Waals surface area contributed by atoms with Gasteiger partial charge in [0.05, 0.1) is 0 Å². The van der Waals surface area contributed by atoms with Crippen molar-refractivity contribution >= 4 is 17.5 Å². The lowest BCUT2D eigenvalue weighted by Crippen LogP contribution is -2.28. The molecule has 0 aliphatic rings. The average molecular weight is 359 g/mol. The molecule has 2 heterocycles. The third-order valence-electron chi connectivity index (χ3n) is 3.32. The average Bonchev–Trinajstić information content (AvgIpc) is 3.07. The Morgan fingerprint density at radius 3 is 2.68 bits per heavy atom. The van der Waals surface area contributed by atoms with Crippen LogP contribution in [0.15, 0.2) is 48.8 Å². The number of halogens is 1. The number of tetrazole rings is 1. The molecular formula is C16H15ClN6O2. The van der Waals surface area contributed by atoms with Crippen molar-refractivity contribution in [3.63, 3.8) is 0 Å². The van der Waals surface area contributed by atoms with Crippen LogP contribution < -0.4 is 10.1 Å². The van der Waals surface area contributed by atoms with Gasteiger partial charge in [0.1, 0.15) is 18.9 Å². The standard InChI is InChI=1S/C16H15ClN6O2/c17-13-1-3-14(4-2-13)25-11-15-20-21-22-23(15)10-16(24)19-9-12-5-7-18-8-6-12/h1-8H,9-11H2,(H,19,24). The second-order valence-corrected chi connectivity index (χ2v) is 5.56. The summed E-state index contributed by atoms with van der Waals surface area (Å²) in [5, 5.41) is 14.7. The maximum atomic E-state index is 12.0. The van der Waals surface area contributed by atoms with Gasteiger partial charge in [0.15, 0.2) is 5.82 Å². The fraction of sp³-hybridized carbons (Fsp3) is 0.188. The number of amides is 1. The molecule has 0 bridgehead atoms. The fourth-order valence-corrected chi connectivity index (χ4v) is 2.15. The molecule has 0 saturated carbocycles. The first-order chi connectivity index (χ1) is 12.2. The summed E-state index contributed by atoms with van der Waals surface area (Å²) < 4.78 is 7.00. The van der Waals surface area contributed by atoms with Gasteiger partial charge in [-0.1, -0.05) is 11.6 Å². The zero-order valence-corrected chi connectivity index (χ0v) is 13.9. The second-order valence-electron chi connectivity index (χ2n) is 5.13. The predicted molar refractivity (Wildman–Crippen MR) is 89.7 cm³/mol. The highest BCUT2D eigenvalue weighted by molar-refractivity contribution is 6.30. The first-order valence-corrected chi connectivity index (χ1v) is 7.87. The molecule has 128 valence electrons. The van der Waals surface area contributed by atoms with Crippen LogP contribution in [0.1, 0.15) is 11.4 Å². The number of carbonyl (C=O) groups excluding carboxylic acids is 1. The third kappa shape index (κ3) is 4.98. The van der Waals surface area contributed by atoms with Crippen LogP contribution in [0.5, 0.6) is 5.75 Å². The van der Waals surface area contributed by atoms with Gasteiger partial charge in [-0.2, -0.15) is 0 Å². The summed E-state index contributed by atoms with van der Waals surface area (Å²) in [6, 6.07) is 10.6. The molecule has 2 aromatic heterocycles. The van der Waals surface area contributed by atoms with Crippen LogP contribution in [0.3, 0.4) is 0 Å². The Balaban J connectivity index is 1.52. The molecule has 3 aromatic rings. The van der Waals surface area contributed by atoms with E-state index in [2.05, 4.69) is 25.8 Å². The first-order valence-electron chi connectivity index (χ1n) is 7.50. The van der Waals surface area contributed by atoms with Crippen LogP contribution in [-0.4, -0.2) is 31.1 Å². The van der Waals surface area contributed by atoms with Crippen molar-refractivity contribution in [2.45, 2.75) is 19.7 Å². The number of carbonyl (C=O) groups is 1. The van der Waals surface area contributed by atoms with E-state index in [0.29, 0.717) is 23.1 Å². The number of ether oxygens (including phenoxy) is 1. The Hall–Kier alpha value is -3.00. The summed E-state index contributed by atoms with van der Waals surface area (Å²) in [6.45, 7) is 0.573. The van der Waals surface area contributed by atoms with Crippen LogP contribution >= 0.6 is 11.6 Å². The Bertz CT molecular complexity index is 822. The molecule has 0 aliphatic heterocycles. The Kier molecular flexibility index (Phi) is 5.53. The Labute approximate surface area is 148 Å². The maximum Gasteiger partial charge on any atom is 0.242 e. The van der Waals surface area contributed by atoms with Gasteiger partial charge in [-0.15, -0.1) is 5.10 Å². The second kappa shape index (κ2) is 8.20. The predicted octanol–water partition coefficient (Wildman–Crippen LogP) is 1.62. The van der Waals surface area contributed by atoms with E-state index < -0.39 is 0 Å². The number of aromatic nitrogens is 5. The molecular weight excluding hydrogens is 344 g/mol. The molecule has 0 radical (unpaired) electrons. The Morgan fingerprint density at radius 1 is 1.16 bits per heavy atom. The van der Waals surface area contributed by atoms with Gasteiger partial charge < -0.3 is 10.1 Å². The largest absolute Gasteiger partial charge is 0.486 e. The molecule has 0 aliphatic carbocycles. The minimum atomic E-state index is -0.197. The van der Waals surface area contributed by atoms with E-state index in [9.17, 15) is 4.79 Å². The summed E-state index contributed by atoms with van der Waals surface area (Å²) >= 11 is 5.83. The topological polar surface area (TPSA) is 94.8 Å². The smallest absolute Gasteiger partial charge is 0.242 e. The van der Waals surface area contributed by atoms with Crippen molar-refractivity contribution in [1.29, 1.82) is 0 Å². The molecule has 0 atom stereocenters. The first kappa shape index (κ1) is 16.8. The van der Waals surface area contributed by atoms with E-state index in [1.54, 1.807) is 36.7 Å². The van der Waals surface area contributed by atoms with Gasteiger partial charge in [-0.05, 0) is 52.4 Å². The molecule has 0 spiro atoms. The van der Waals surface area contributed by atoms with Gasteiger partial charge >= 0.3 is 0 Å². The SMILES string of the molecule is O=C(Cn1nnnc1COc1ccc(Cl)cc1)NCc1ccncc1. The van der Waals surface area contributed by atoms with Crippen molar-refractivity contribution in [1.82, 2.24) is 30.5 Å². The van der Waals surface area contributed by atoms with Crippen LogP contribution in [0.25, 0.3) is 0 Å². The third-order valence-corrected chi connectivity index (χ3v) is 3.57. The van der Waals surface area contributed by atoms with E-state index in [1.807, 2.05) is 12.1 Å². The zero-order valence-electron chi connectivity index (χ0n) is 13.2. The molecule has 1 N–H and O–H groups in total. The van der Waals surface area contributed by atoms with Gasteiger partial charge in [0.2, 0.25) is 5.91 Å². The quantitative estimate of drug-likeness (QED) is 0.689. The number of rotatable bonds is 7. The van der Waals surface area contributed by atoms with Crippen LogP contribution in [0, 0.1) is 0 Å². The van der Waals surface area contributed by atoms with E-state index in [1.165, 1.54) is 4.68 Å². The van der Waals surface area contributed by atoms with Gasteiger partial charge in [0, 0.05) is 24.0 Å². The van der Waals surface area contributed by atoms with Crippen LogP contribution in [-0.2, 0) is 24.5 Å². The lowest BCUT2D eigenvalue weighted by Gasteiger charge is -2.08. The van der Waals surface area contributed by atoms with Crippen molar-refractivity contribution in [3.8, 4) is 5.75 Å². The molecule has 0 unspecified atom stereocenters. The van der Waals surface area contributed by atoms with E-state index in [4.69, 9.17) is 16.3 Å². The summed E-state index contributed by atoms with van der Waals surface area (Å²) in [4.78, 5) is 16.0. The molecule has 9 heteroatoms. The van der Waals surface area contributed by atoms with Crippen molar-refractivity contribution in [2.75, 3.05) is 0 Å². The minimum Gasteiger partial charge on any atom is -0.486 e. The van der Waals surface area contributed by atoms with Crippen LogP contribution in [0.2, 0.25) is 5.02 Å². The molecule has 0 fully saturated rings.